The van der Waals surface area contributed by atoms with Gasteiger partial charge in [-0.05, 0) is 35.4 Å². The van der Waals surface area contributed by atoms with E-state index in [1.165, 1.54) is 11.3 Å². The molecule has 2 nitrogen and oxygen atoms in total. The molecule has 2 aromatic rings. The van der Waals surface area contributed by atoms with Gasteiger partial charge in [-0.25, -0.2) is 0 Å². The van der Waals surface area contributed by atoms with Crippen molar-refractivity contribution in [2.24, 2.45) is 0 Å². The van der Waals surface area contributed by atoms with Crippen LogP contribution in [-0.4, -0.2) is 11.4 Å². The Hall–Kier alpha value is -1.16. The zero-order chi connectivity index (χ0) is 11.5. The zero-order valence-electron chi connectivity index (χ0n) is 8.31. The molecule has 0 aliphatic rings. The fourth-order valence-corrected chi connectivity index (χ4v) is 2.52. The molecule has 0 aliphatic carbocycles. The van der Waals surface area contributed by atoms with Gasteiger partial charge in [0.05, 0.1) is 11.5 Å². The van der Waals surface area contributed by atoms with Crippen molar-refractivity contribution >= 4 is 29.2 Å². The zero-order valence-corrected chi connectivity index (χ0v) is 9.89. The van der Waals surface area contributed by atoms with Gasteiger partial charge in [-0.2, -0.15) is 0 Å². The Balaban J connectivity index is 2.53. The van der Waals surface area contributed by atoms with Crippen molar-refractivity contribution in [2.45, 2.75) is 6.61 Å². The van der Waals surface area contributed by atoms with Gasteiger partial charge < -0.3 is 5.11 Å². The monoisotopic (exact) mass is 252 g/mol. The topological polar surface area (TPSA) is 37.3 Å². The van der Waals surface area contributed by atoms with Gasteiger partial charge in [-0.1, -0.05) is 17.7 Å². The molecule has 0 fully saturated rings. The number of benzene rings is 1. The van der Waals surface area contributed by atoms with E-state index in [4.69, 9.17) is 11.6 Å². The predicted molar refractivity (Wildman–Crippen MR) is 66.1 cm³/mol. The third-order valence-electron chi connectivity index (χ3n) is 2.25. The summed E-state index contributed by atoms with van der Waals surface area (Å²) in [4.78, 5) is 12.2. The first kappa shape index (κ1) is 11.3. The highest BCUT2D eigenvalue weighted by atomic mass is 35.5. The van der Waals surface area contributed by atoms with Crippen LogP contribution in [0.5, 0.6) is 0 Å². The van der Waals surface area contributed by atoms with Crippen LogP contribution < -0.4 is 0 Å². The summed E-state index contributed by atoms with van der Waals surface area (Å²) in [6, 6.07) is 8.95. The normalized spacial score (nSPS) is 10.4. The highest BCUT2D eigenvalue weighted by molar-refractivity contribution is 7.17. The summed E-state index contributed by atoms with van der Waals surface area (Å²) in [6.45, 7) is -0.0408. The molecule has 1 aromatic carbocycles. The maximum Gasteiger partial charge on any atom is 0.160 e. The minimum atomic E-state index is -0.0408. The number of halogens is 1. The first-order chi connectivity index (χ1) is 7.74. The molecule has 0 aliphatic heterocycles. The Morgan fingerprint density at radius 1 is 1.31 bits per heavy atom. The van der Waals surface area contributed by atoms with Gasteiger partial charge >= 0.3 is 0 Å². The molecular weight excluding hydrogens is 244 g/mol. The van der Waals surface area contributed by atoms with Gasteiger partial charge in [0.25, 0.3) is 0 Å². The lowest BCUT2D eigenvalue weighted by Gasteiger charge is -2.05. The minimum absolute atomic E-state index is 0.0408. The first-order valence-electron chi connectivity index (χ1n) is 4.69. The van der Waals surface area contributed by atoms with E-state index >= 15 is 0 Å². The molecule has 82 valence electrons. The third kappa shape index (κ3) is 2.16. The number of thiophene rings is 1. The largest absolute Gasteiger partial charge is 0.392 e. The lowest BCUT2D eigenvalue weighted by Crippen LogP contribution is -1.87. The lowest BCUT2D eigenvalue weighted by atomic mass is 10.1. The Kier molecular flexibility index (Phi) is 3.39. The van der Waals surface area contributed by atoms with Crippen molar-refractivity contribution in [3.05, 3.63) is 45.8 Å². The molecule has 1 N–H and O–H groups in total. The third-order valence-corrected chi connectivity index (χ3v) is 3.53. The van der Waals surface area contributed by atoms with Crippen molar-refractivity contribution in [3.63, 3.8) is 0 Å². The van der Waals surface area contributed by atoms with E-state index in [1.807, 2.05) is 6.07 Å². The van der Waals surface area contributed by atoms with Crippen LogP contribution in [0.25, 0.3) is 10.4 Å². The van der Waals surface area contributed by atoms with Crippen molar-refractivity contribution in [2.75, 3.05) is 0 Å². The molecule has 0 amide bonds. The van der Waals surface area contributed by atoms with Crippen LogP contribution in [0.2, 0.25) is 5.02 Å². The molecule has 1 aromatic heterocycles. The first-order valence-corrected chi connectivity index (χ1v) is 5.88. The van der Waals surface area contributed by atoms with Gasteiger partial charge in [-0.3, -0.25) is 4.79 Å². The van der Waals surface area contributed by atoms with Crippen LogP contribution in [0.4, 0.5) is 0 Å². The van der Waals surface area contributed by atoms with E-state index in [1.54, 1.807) is 24.3 Å². The molecule has 0 spiro atoms. The second kappa shape index (κ2) is 4.78. The van der Waals surface area contributed by atoms with E-state index in [9.17, 15) is 9.90 Å². The molecule has 1 heterocycles. The maximum absolute atomic E-state index is 10.6. The molecule has 0 saturated carbocycles. The number of aliphatic hydroxyl groups is 1. The van der Waals surface area contributed by atoms with Crippen LogP contribution in [-0.2, 0) is 6.61 Å². The lowest BCUT2D eigenvalue weighted by molar-refractivity contribution is 0.112. The second-order valence-electron chi connectivity index (χ2n) is 3.28. The molecule has 0 bridgehead atoms. The fourth-order valence-electron chi connectivity index (χ4n) is 1.48. The van der Waals surface area contributed by atoms with Gasteiger partial charge in [0.15, 0.2) is 6.29 Å². The standard InChI is InChI=1S/C12H9ClO2S/c13-9-2-1-8(6-14)11(5-9)12-4-3-10(7-15)16-12/h1-5,7,14H,6H2. The Morgan fingerprint density at radius 3 is 2.75 bits per heavy atom. The Labute approximate surface area is 102 Å². The summed E-state index contributed by atoms with van der Waals surface area (Å²) in [6.07, 6.45) is 0.817. The van der Waals surface area contributed by atoms with Gasteiger partial charge in [0, 0.05) is 9.90 Å². The van der Waals surface area contributed by atoms with Crippen LogP contribution >= 0.6 is 22.9 Å². The highest BCUT2D eigenvalue weighted by Gasteiger charge is 2.08. The Bertz CT molecular complexity index is 519. The second-order valence-corrected chi connectivity index (χ2v) is 4.83. The number of aliphatic hydroxyl groups excluding tert-OH is 1. The van der Waals surface area contributed by atoms with Crippen LogP contribution in [0.3, 0.4) is 0 Å². The summed E-state index contributed by atoms with van der Waals surface area (Å²) >= 11 is 7.30. The Morgan fingerprint density at radius 2 is 2.12 bits per heavy atom. The SMILES string of the molecule is O=Cc1ccc(-c2cc(Cl)ccc2CO)s1. The molecule has 0 unspecified atom stereocenters. The number of carbonyl (C=O) groups is 1. The van der Waals surface area contributed by atoms with E-state index in [0.29, 0.717) is 9.90 Å². The number of aldehydes is 1. The number of rotatable bonds is 3. The average Bonchev–Trinajstić information content (AvgIpc) is 2.77. The molecule has 0 atom stereocenters. The van der Waals surface area contributed by atoms with E-state index < -0.39 is 0 Å². The van der Waals surface area contributed by atoms with Crippen molar-refractivity contribution < 1.29 is 9.90 Å². The van der Waals surface area contributed by atoms with Crippen LogP contribution in [0.15, 0.2) is 30.3 Å². The smallest absolute Gasteiger partial charge is 0.160 e. The fraction of sp³-hybridized carbons (Fsp3) is 0.0833. The van der Waals surface area contributed by atoms with Gasteiger partial charge in [-0.15, -0.1) is 11.3 Å². The highest BCUT2D eigenvalue weighted by Crippen LogP contribution is 2.32. The van der Waals surface area contributed by atoms with Gasteiger partial charge in [0.1, 0.15) is 0 Å². The van der Waals surface area contributed by atoms with Crippen molar-refractivity contribution in [1.82, 2.24) is 0 Å². The quantitative estimate of drug-likeness (QED) is 0.851. The average molecular weight is 253 g/mol. The van der Waals surface area contributed by atoms with Crippen molar-refractivity contribution in [3.8, 4) is 10.4 Å². The minimum Gasteiger partial charge on any atom is -0.392 e. The summed E-state index contributed by atoms with van der Waals surface area (Å²) in [7, 11) is 0. The molecule has 16 heavy (non-hydrogen) atoms. The predicted octanol–water partition coefficient (Wildman–Crippen LogP) is 3.37. The summed E-state index contributed by atoms with van der Waals surface area (Å²) in [5, 5.41) is 9.85. The number of hydrogen-bond acceptors (Lipinski definition) is 3. The summed E-state index contributed by atoms with van der Waals surface area (Å²) < 4.78 is 0. The van der Waals surface area contributed by atoms with Crippen LogP contribution in [0, 0.1) is 0 Å². The van der Waals surface area contributed by atoms with E-state index in [2.05, 4.69) is 0 Å². The van der Waals surface area contributed by atoms with E-state index in [0.717, 1.165) is 22.3 Å². The van der Waals surface area contributed by atoms with Crippen LogP contribution in [0.1, 0.15) is 15.2 Å². The van der Waals surface area contributed by atoms with Crippen molar-refractivity contribution in [1.29, 1.82) is 0 Å². The molecule has 2 rings (SSSR count). The summed E-state index contributed by atoms with van der Waals surface area (Å²) in [5.74, 6) is 0. The maximum atomic E-state index is 10.6. The summed E-state index contributed by atoms with van der Waals surface area (Å²) in [5.41, 5.74) is 1.69. The molecule has 0 radical (unpaired) electrons. The van der Waals surface area contributed by atoms with Gasteiger partial charge in [0.2, 0.25) is 0 Å². The molecule has 0 saturated heterocycles. The number of hydrogen-bond donors (Lipinski definition) is 1. The number of carbonyl (C=O) groups excluding carboxylic acids is 1. The molecular formula is C12H9ClO2S. The molecule has 4 heteroatoms. The van der Waals surface area contributed by atoms with E-state index in [-0.39, 0.29) is 6.61 Å².